The Kier molecular flexibility index (Phi) is 5.33. The molecule has 0 spiro atoms. The van der Waals surface area contributed by atoms with Gasteiger partial charge in [0.05, 0.1) is 30.3 Å². The first kappa shape index (κ1) is 19.8. The maximum atomic E-state index is 12.0. The maximum absolute atomic E-state index is 12.0. The van der Waals surface area contributed by atoms with E-state index in [0.717, 1.165) is 16.0 Å². The van der Waals surface area contributed by atoms with Gasteiger partial charge in [0.2, 0.25) is 0 Å². The van der Waals surface area contributed by atoms with Gasteiger partial charge in [0.1, 0.15) is 11.8 Å². The zero-order valence-corrected chi connectivity index (χ0v) is 16.6. The largest absolute Gasteiger partial charge is 0.424 e. The summed E-state index contributed by atoms with van der Waals surface area (Å²) in [4.78, 5) is 33.1. The Morgan fingerprint density at radius 3 is 2.50 bits per heavy atom. The Labute approximate surface area is 163 Å². The molecule has 4 rings (SSSR count). The molecule has 0 aliphatic carbocycles. The number of fused-ring (bicyclic) bond motifs is 1. The zero-order chi connectivity index (χ0) is 20.5. The molecule has 1 N–H and O–H groups in total. The first-order valence-electron chi connectivity index (χ1n) is 9.27. The highest BCUT2D eigenvalue weighted by molar-refractivity contribution is 6.21. The first-order chi connectivity index (χ1) is 13.3. The van der Waals surface area contributed by atoms with Crippen LogP contribution in [0.3, 0.4) is 0 Å². The molecule has 1 fully saturated rings. The van der Waals surface area contributed by atoms with Crippen LogP contribution in [0.1, 0.15) is 45.7 Å². The molecule has 28 heavy (non-hydrogen) atoms. The van der Waals surface area contributed by atoms with Crippen LogP contribution < -0.4 is 15.0 Å². The summed E-state index contributed by atoms with van der Waals surface area (Å²) >= 11 is 0. The maximum Gasteiger partial charge on any atom is 0.329 e. The molecule has 0 unspecified atom stereocenters. The topological polar surface area (TPSA) is 93.7 Å². The van der Waals surface area contributed by atoms with Gasteiger partial charge < -0.3 is 14.8 Å². The average Bonchev–Trinajstić information content (AvgIpc) is 3.12. The molecular weight excluding hydrogens is 360 g/mol. The molecule has 1 aromatic heterocycles. The molecule has 2 aromatic rings. The summed E-state index contributed by atoms with van der Waals surface area (Å²) < 4.78 is 11.5. The van der Waals surface area contributed by atoms with Crippen molar-refractivity contribution in [2.75, 3.05) is 4.90 Å². The lowest BCUT2D eigenvalue weighted by Gasteiger charge is -2.18. The number of ether oxygens (including phenoxy) is 2. The lowest BCUT2D eigenvalue weighted by Crippen LogP contribution is -2.31. The van der Waals surface area contributed by atoms with Crippen LogP contribution in [0.4, 0.5) is 10.5 Å². The second kappa shape index (κ2) is 7.55. The van der Waals surface area contributed by atoms with Gasteiger partial charge in [-0.3, -0.25) is 4.79 Å². The minimum Gasteiger partial charge on any atom is -0.424 e. The van der Waals surface area contributed by atoms with Gasteiger partial charge in [0.15, 0.2) is 0 Å². The highest BCUT2D eigenvalue weighted by Crippen LogP contribution is 2.38. The molecule has 2 aliphatic heterocycles. The monoisotopic (exact) mass is 384 g/mol. The number of carbonyl (C=O) groups excluding carboxylic acids is 2. The molecule has 3 heterocycles. The average molecular weight is 384 g/mol. The minimum absolute atomic E-state index is 0.130. The lowest BCUT2D eigenvalue weighted by molar-refractivity contribution is -0.117. The van der Waals surface area contributed by atoms with Crippen molar-refractivity contribution in [3.8, 4) is 11.8 Å². The molecule has 0 radical (unpaired) electrons. The van der Waals surface area contributed by atoms with Crippen LogP contribution in [0.25, 0.3) is 0 Å². The van der Waals surface area contributed by atoms with Gasteiger partial charge >= 0.3 is 12.0 Å². The number of nitrogens with zero attached hydrogens (tertiary/aromatic N) is 3. The highest BCUT2D eigenvalue weighted by Gasteiger charge is 2.36. The number of hydrogen-bond acceptors (Lipinski definition) is 6. The van der Waals surface area contributed by atoms with E-state index in [2.05, 4.69) is 15.3 Å². The van der Waals surface area contributed by atoms with Crippen molar-refractivity contribution >= 4 is 17.6 Å². The van der Waals surface area contributed by atoms with E-state index in [0.29, 0.717) is 18.0 Å². The summed E-state index contributed by atoms with van der Waals surface area (Å²) in [5, 5.41) is 2.54. The first-order valence-corrected chi connectivity index (χ1v) is 9.27. The third-order valence-corrected chi connectivity index (χ3v) is 4.53. The Hall–Kier alpha value is -3.00. The summed E-state index contributed by atoms with van der Waals surface area (Å²) in [7, 11) is 0. The molecule has 3 amide bonds. The number of rotatable bonds is 3. The number of hydrogen-bond donors (Lipinski definition) is 1. The fraction of sp³-hybridized carbons (Fsp3) is 0.400. The van der Waals surface area contributed by atoms with E-state index in [-0.39, 0.29) is 17.5 Å². The van der Waals surface area contributed by atoms with E-state index in [1.807, 2.05) is 45.9 Å². The number of aromatic nitrogens is 2. The number of imide groups is 1. The van der Waals surface area contributed by atoms with Crippen LogP contribution >= 0.6 is 0 Å². The lowest BCUT2D eigenvalue weighted by atomic mass is 9.96. The smallest absolute Gasteiger partial charge is 0.329 e. The predicted octanol–water partition coefficient (Wildman–Crippen LogP) is 3.51. The van der Waals surface area contributed by atoms with Crippen LogP contribution in [-0.4, -0.2) is 27.9 Å². The van der Waals surface area contributed by atoms with Gasteiger partial charge in [0, 0.05) is 0 Å². The second-order valence-corrected chi connectivity index (χ2v) is 6.79. The van der Waals surface area contributed by atoms with E-state index < -0.39 is 12.1 Å². The van der Waals surface area contributed by atoms with E-state index in [1.165, 1.54) is 12.4 Å². The van der Waals surface area contributed by atoms with Gasteiger partial charge in [-0.25, -0.2) is 19.7 Å². The fourth-order valence-corrected chi connectivity index (χ4v) is 3.07. The van der Waals surface area contributed by atoms with E-state index in [4.69, 9.17) is 9.47 Å². The van der Waals surface area contributed by atoms with Crippen LogP contribution in [0.2, 0.25) is 0 Å². The quantitative estimate of drug-likeness (QED) is 0.814. The van der Waals surface area contributed by atoms with Crippen molar-refractivity contribution in [1.29, 1.82) is 0 Å². The Balaban J connectivity index is 0.00000109. The molecule has 0 saturated carbocycles. The Morgan fingerprint density at radius 1 is 1.21 bits per heavy atom. The SMILES string of the molecule is CC.C[C@@H]1NC(=O)N(c2cnc(Oc3ccc4c(c3)C(C)(C)OC4)nc2)C1=O. The molecule has 2 aliphatic rings. The number of urea groups is 1. The molecule has 1 atom stereocenters. The van der Waals surface area contributed by atoms with E-state index >= 15 is 0 Å². The summed E-state index contributed by atoms with van der Waals surface area (Å²) in [5.74, 6) is 0.256. The Morgan fingerprint density at radius 2 is 1.89 bits per heavy atom. The summed E-state index contributed by atoms with van der Waals surface area (Å²) in [6.07, 6.45) is 2.77. The molecule has 148 valence electrons. The standard InChI is InChI=1S/C18H18N4O4.C2H6/c1-10-15(23)22(17(24)21-10)12-7-19-16(20-8-12)26-13-5-4-11-9-25-18(2,3)14(11)6-13;1-2/h4-8,10H,9H2,1-3H3,(H,21,24);1-2H3/t10-;/m0./s1. The predicted molar refractivity (Wildman–Crippen MR) is 103 cm³/mol. The van der Waals surface area contributed by atoms with Gasteiger partial charge in [-0.05, 0) is 44.0 Å². The Bertz CT molecular complexity index is 896. The minimum atomic E-state index is -0.560. The van der Waals surface area contributed by atoms with Crippen molar-refractivity contribution in [1.82, 2.24) is 15.3 Å². The molecule has 1 saturated heterocycles. The van der Waals surface area contributed by atoms with Crippen molar-refractivity contribution in [2.24, 2.45) is 0 Å². The number of benzene rings is 1. The molecule has 8 heteroatoms. The third-order valence-electron chi connectivity index (χ3n) is 4.53. The zero-order valence-electron chi connectivity index (χ0n) is 16.6. The third kappa shape index (κ3) is 3.55. The number of nitrogens with one attached hydrogen (secondary N) is 1. The van der Waals surface area contributed by atoms with Crippen molar-refractivity contribution in [3.63, 3.8) is 0 Å². The summed E-state index contributed by atoms with van der Waals surface area (Å²) in [6, 6.07) is 4.79. The van der Waals surface area contributed by atoms with Gasteiger partial charge in [0.25, 0.3) is 5.91 Å². The van der Waals surface area contributed by atoms with E-state index in [9.17, 15) is 9.59 Å². The summed E-state index contributed by atoms with van der Waals surface area (Å²) in [5.41, 5.74) is 2.14. The molecule has 1 aromatic carbocycles. The number of carbonyl (C=O) groups is 2. The van der Waals surface area contributed by atoms with Crippen molar-refractivity contribution in [2.45, 2.75) is 52.9 Å². The molecule has 0 bridgehead atoms. The van der Waals surface area contributed by atoms with Crippen molar-refractivity contribution in [3.05, 3.63) is 41.7 Å². The highest BCUT2D eigenvalue weighted by atomic mass is 16.5. The molecular formula is C20H24N4O4. The van der Waals surface area contributed by atoms with Crippen LogP contribution in [0, 0.1) is 0 Å². The van der Waals surface area contributed by atoms with Gasteiger partial charge in [-0.15, -0.1) is 0 Å². The van der Waals surface area contributed by atoms with Crippen LogP contribution in [0.15, 0.2) is 30.6 Å². The normalized spacial score (nSPS) is 19.6. The van der Waals surface area contributed by atoms with E-state index in [1.54, 1.807) is 6.92 Å². The molecule has 8 nitrogen and oxygen atoms in total. The number of amides is 3. The van der Waals surface area contributed by atoms with Crippen LogP contribution in [-0.2, 0) is 21.7 Å². The van der Waals surface area contributed by atoms with Gasteiger partial charge in [-0.1, -0.05) is 19.9 Å². The van der Waals surface area contributed by atoms with Crippen molar-refractivity contribution < 1.29 is 19.1 Å². The summed E-state index contributed by atoms with van der Waals surface area (Å²) in [6.45, 7) is 10.2. The van der Waals surface area contributed by atoms with Crippen LogP contribution in [0.5, 0.6) is 11.8 Å². The second-order valence-electron chi connectivity index (χ2n) is 6.79. The van der Waals surface area contributed by atoms with Gasteiger partial charge in [-0.2, -0.15) is 0 Å². The fourth-order valence-electron chi connectivity index (χ4n) is 3.07. The number of anilines is 1.